The third-order valence-corrected chi connectivity index (χ3v) is 13.7. The standard InChI is InChI=1S/C32H55N8.ClH.Cu/c1-2-10-18-17(9-1)25-33-26(18)38-28-21-13-5-6-14-22(21)30(35-28)40-32-24-16-8-7-15-23(24)31(36-32)39-29-20-12-4-3-11-19(20)27(34-29)37-25;;/h17-35,37-40H,1-16H2;1H;/q-1;;+2/p-1. The van der Waals surface area contributed by atoms with Crippen LogP contribution in [-0.4, -0.2) is 49.3 Å². The number of rotatable bonds is 0. The van der Waals surface area contributed by atoms with E-state index in [0.29, 0.717) is 61.2 Å². The van der Waals surface area contributed by atoms with Gasteiger partial charge in [0.2, 0.25) is 0 Å². The minimum absolute atomic E-state index is 0.295. The third kappa shape index (κ3) is 5.36. The summed E-state index contributed by atoms with van der Waals surface area (Å²) in [5.74, 6) is 5.78. The molecule has 4 aliphatic carbocycles. The van der Waals surface area contributed by atoms with Crippen molar-refractivity contribution in [1.29, 1.82) is 0 Å². The molecule has 0 aromatic rings. The molecule has 9 fully saturated rings. The Morgan fingerprint density at radius 3 is 0.810 bits per heavy atom. The molecule has 0 radical (unpaired) electrons. The van der Waals surface area contributed by atoms with E-state index >= 15 is 0 Å². The fourth-order valence-corrected chi connectivity index (χ4v) is 11.9. The fourth-order valence-electron chi connectivity index (χ4n) is 11.9. The topological polar surface area (TPSA) is 98.3 Å². The van der Waals surface area contributed by atoms with Gasteiger partial charge in [-0.05, 0) is 85.9 Å². The van der Waals surface area contributed by atoms with Crippen molar-refractivity contribution in [2.75, 3.05) is 0 Å². The first-order valence-electron chi connectivity index (χ1n) is 17.9. The van der Waals surface area contributed by atoms with Crippen molar-refractivity contribution in [3.8, 4) is 0 Å². The summed E-state index contributed by atoms with van der Waals surface area (Å²) in [7, 11) is 4.20. The number of hydrogen-bond donors (Lipinski definition) is 7. The van der Waals surface area contributed by atoms with E-state index in [9.17, 15) is 0 Å². The van der Waals surface area contributed by atoms with Crippen LogP contribution in [0.2, 0.25) is 0 Å². The van der Waals surface area contributed by atoms with Crippen molar-refractivity contribution < 1.29 is 15.1 Å². The molecule has 241 valence electrons. The molecule has 5 heterocycles. The minimum atomic E-state index is 0.295. The number of halogens is 1. The van der Waals surface area contributed by atoms with Gasteiger partial charge in [0.25, 0.3) is 0 Å². The molecular formula is C32H55ClCuN8. The predicted molar refractivity (Wildman–Crippen MR) is 163 cm³/mol. The van der Waals surface area contributed by atoms with Gasteiger partial charge in [-0.1, -0.05) is 76.5 Å². The van der Waals surface area contributed by atoms with Crippen LogP contribution in [0.25, 0.3) is 5.32 Å². The molecule has 9 aliphatic rings. The SMILES string of the molecule is C1CCC2C3[N-]C(NC4NC(NC5NC(NC6NC(N3)C3CCCCC63)C3CCCCC53)C3CCCCC43)C2C1.[Cl][Cu+]. The van der Waals surface area contributed by atoms with Gasteiger partial charge >= 0.3 is 25.2 Å². The Labute approximate surface area is 266 Å². The van der Waals surface area contributed by atoms with E-state index in [0.717, 1.165) is 35.5 Å². The monoisotopic (exact) mass is 649 g/mol. The molecule has 16 atom stereocenters. The van der Waals surface area contributed by atoms with E-state index < -0.39 is 0 Å². The second-order valence-electron chi connectivity index (χ2n) is 15.5. The molecule has 42 heavy (non-hydrogen) atoms. The molecule has 5 saturated heterocycles. The van der Waals surface area contributed by atoms with Gasteiger partial charge in [0.15, 0.2) is 0 Å². The first-order chi connectivity index (χ1) is 20.8. The van der Waals surface area contributed by atoms with Crippen molar-refractivity contribution in [2.45, 2.75) is 152 Å². The van der Waals surface area contributed by atoms with Crippen LogP contribution < -0.4 is 37.2 Å². The van der Waals surface area contributed by atoms with E-state index in [1.165, 1.54) is 103 Å². The average molecular weight is 651 g/mol. The van der Waals surface area contributed by atoms with Gasteiger partial charge in [0.1, 0.15) is 0 Å². The Bertz CT molecular complexity index is 723. The Morgan fingerprint density at radius 2 is 0.548 bits per heavy atom. The van der Waals surface area contributed by atoms with E-state index in [4.69, 9.17) is 5.32 Å². The Balaban J connectivity index is 0.00000131. The quantitative estimate of drug-likeness (QED) is 0.199. The molecule has 8 bridgehead atoms. The molecule has 7 N–H and O–H groups in total. The molecule has 8 nitrogen and oxygen atoms in total. The molecule has 9 rings (SSSR count). The van der Waals surface area contributed by atoms with Crippen molar-refractivity contribution >= 4 is 10.1 Å². The Hall–Kier alpha value is 0.489. The predicted octanol–water partition coefficient (Wildman–Crippen LogP) is 4.08. The van der Waals surface area contributed by atoms with Crippen molar-refractivity contribution in [1.82, 2.24) is 37.2 Å². The molecule has 0 spiro atoms. The zero-order valence-corrected chi connectivity index (χ0v) is 26.9. The van der Waals surface area contributed by atoms with Gasteiger partial charge in [-0.2, -0.15) is 0 Å². The Morgan fingerprint density at radius 1 is 0.333 bits per heavy atom. The van der Waals surface area contributed by atoms with E-state index in [2.05, 4.69) is 62.4 Å². The van der Waals surface area contributed by atoms with Gasteiger partial charge in [-0.3, -0.25) is 26.6 Å². The summed E-state index contributed by atoms with van der Waals surface area (Å²) in [6.45, 7) is 0. The first-order valence-corrected chi connectivity index (χ1v) is 19.2. The van der Waals surface area contributed by atoms with Crippen molar-refractivity contribution in [3.63, 3.8) is 0 Å². The zero-order valence-electron chi connectivity index (χ0n) is 25.2. The molecule has 4 saturated carbocycles. The summed E-state index contributed by atoms with van der Waals surface area (Å²) in [5, 5.41) is 35.0. The summed E-state index contributed by atoms with van der Waals surface area (Å²) in [6, 6.07) is 0. The normalized spacial score (nSPS) is 55.0. The number of nitrogens with one attached hydrogen (secondary N) is 7. The zero-order chi connectivity index (χ0) is 28.2. The molecule has 10 heteroatoms. The van der Waals surface area contributed by atoms with Crippen LogP contribution in [-0.2, 0) is 15.1 Å². The van der Waals surface area contributed by atoms with E-state index in [1.54, 1.807) is 0 Å². The number of fused-ring (bicyclic) bond motifs is 20. The fraction of sp³-hybridized carbons (Fsp3) is 1.00. The van der Waals surface area contributed by atoms with Crippen LogP contribution in [0.3, 0.4) is 0 Å². The van der Waals surface area contributed by atoms with E-state index in [1.807, 2.05) is 0 Å². The van der Waals surface area contributed by atoms with Gasteiger partial charge < -0.3 is 16.0 Å². The van der Waals surface area contributed by atoms with Gasteiger partial charge in [0, 0.05) is 0 Å². The van der Waals surface area contributed by atoms with Gasteiger partial charge in [-0.25, -0.2) is 0 Å². The van der Waals surface area contributed by atoms with Crippen LogP contribution in [0.1, 0.15) is 103 Å². The summed E-state index contributed by atoms with van der Waals surface area (Å²) in [5.41, 5.74) is 0. The van der Waals surface area contributed by atoms with Crippen molar-refractivity contribution in [3.05, 3.63) is 5.32 Å². The average Bonchev–Trinajstić information content (AvgIpc) is 3.78. The summed E-state index contributed by atoms with van der Waals surface area (Å²) in [6.07, 6.45) is 25.0. The van der Waals surface area contributed by atoms with Crippen LogP contribution in [0.15, 0.2) is 0 Å². The maximum atomic E-state index is 5.62. The second-order valence-corrected chi connectivity index (χ2v) is 15.5. The van der Waals surface area contributed by atoms with Crippen LogP contribution >= 0.6 is 10.1 Å². The molecular weight excluding hydrogens is 595 g/mol. The molecule has 0 aromatic carbocycles. The van der Waals surface area contributed by atoms with E-state index in [-0.39, 0.29) is 0 Å². The van der Waals surface area contributed by atoms with Gasteiger partial charge in [0.05, 0.1) is 37.0 Å². The molecule has 5 aliphatic heterocycles. The first kappa shape index (κ1) is 29.9. The number of nitrogens with zero attached hydrogens (tertiary/aromatic N) is 1. The van der Waals surface area contributed by atoms with Crippen LogP contribution in [0.4, 0.5) is 0 Å². The molecule has 0 amide bonds. The molecule has 0 aromatic heterocycles. The summed E-state index contributed by atoms with van der Waals surface area (Å²) in [4.78, 5) is 0. The third-order valence-electron chi connectivity index (χ3n) is 13.7. The van der Waals surface area contributed by atoms with Gasteiger partial charge in [-0.15, -0.1) is 0 Å². The molecule has 16 unspecified atom stereocenters. The number of hydrogen-bond acceptors (Lipinski definition) is 7. The maximum absolute atomic E-state index is 5.62. The van der Waals surface area contributed by atoms with Crippen LogP contribution in [0, 0.1) is 47.3 Å². The second kappa shape index (κ2) is 12.9. The summed E-state index contributed by atoms with van der Waals surface area (Å²) < 4.78 is 0. The van der Waals surface area contributed by atoms with Crippen LogP contribution in [0.5, 0.6) is 0 Å². The van der Waals surface area contributed by atoms with Crippen molar-refractivity contribution in [2.24, 2.45) is 47.3 Å². The Kier molecular flexibility index (Phi) is 9.20. The summed E-state index contributed by atoms with van der Waals surface area (Å²) >= 11 is 3.66.